The molecule has 1 aliphatic rings. The van der Waals surface area contributed by atoms with Crippen molar-refractivity contribution in [2.75, 3.05) is 26.7 Å². The average molecular weight is 304 g/mol. The zero-order valence-corrected chi connectivity index (χ0v) is 14.4. The van der Waals surface area contributed by atoms with Gasteiger partial charge in [0.15, 0.2) is 0 Å². The fourth-order valence-corrected chi connectivity index (χ4v) is 3.11. The number of ether oxygens (including phenoxy) is 1. The van der Waals surface area contributed by atoms with Crippen molar-refractivity contribution in [2.24, 2.45) is 0 Å². The molecular weight excluding hydrogens is 272 g/mol. The number of likely N-dealkylation sites (tertiary alicyclic amines) is 1. The highest BCUT2D eigenvalue weighted by Crippen LogP contribution is 2.22. The normalized spacial score (nSPS) is 16.5. The molecule has 1 aromatic rings. The first-order valence-corrected chi connectivity index (χ1v) is 8.92. The Morgan fingerprint density at radius 1 is 1.14 bits per heavy atom. The van der Waals surface area contributed by atoms with Crippen molar-refractivity contribution in [3.8, 4) is 5.75 Å². The van der Waals surface area contributed by atoms with E-state index in [0.29, 0.717) is 0 Å². The predicted octanol–water partition coefficient (Wildman–Crippen LogP) is 3.96. The summed E-state index contributed by atoms with van der Waals surface area (Å²) in [4.78, 5) is 2.58. The van der Waals surface area contributed by atoms with Gasteiger partial charge in [0.2, 0.25) is 0 Å². The summed E-state index contributed by atoms with van der Waals surface area (Å²) < 4.78 is 5.60. The topological polar surface area (TPSA) is 24.5 Å². The van der Waals surface area contributed by atoms with Gasteiger partial charge < -0.3 is 10.1 Å². The van der Waals surface area contributed by atoms with Crippen LogP contribution in [0.3, 0.4) is 0 Å². The molecule has 0 spiro atoms. The van der Waals surface area contributed by atoms with Crippen molar-refractivity contribution in [3.63, 3.8) is 0 Å². The number of rotatable bonds is 8. The number of hydrogen-bond donors (Lipinski definition) is 1. The molecule has 1 N–H and O–H groups in total. The fraction of sp³-hybridized carbons (Fsp3) is 0.684. The Morgan fingerprint density at radius 3 is 2.59 bits per heavy atom. The number of benzene rings is 1. The highest BCUT2D eigenvalue weighted by molar-refractivity contribution is 5.37. The first kappa shape index (κ1) is 17.3. The van der Waals surface area contributed by atoms with E-state index < -0.39 is 0 Å². The van der Waals surface area contributed by atoms with E-state index in [9.17, 15) is 0 Å². The lowest BCUT2D eigenvalue weighted by Crippen LogP contribution is -2.24. The van der Waals surface area contributed by atoms with Gasteiger partial charge in [-0.2, -0.15) is 0 Å². The van der Waals surface area contributed by atoms with Gasteiger partial charge in [0.1, 0.15) is 5.75 Å². The Hall–Kier alpha value is -1.06. The minimum absolute atomic E-state index is 0.896. The second-order valence-corrected chi connectivity index (χ2v) is 6.37. The molecule has 2 rings (SSSR count). The van der Waals surface area contributed by atoms with Crippen LogP contribution in [0.5, 0.6) is 5.75 Å². The lowest BCUT2D eigenvalue weighted by molar-refractivity contribution is 0.276. The molecule has 22 heavy (non-hydrogen) atoms. The standard InChI is InChI=1S/C19H32N2O/c1-3-4-11-20-15-18-10-9-17(14-19(18)22-2)16-21-12-7-5-6-8-13-21/h9-10,14,20H,3-8,11-13,15-16H2,1-2H3. The van der Waals surface area contributed by atoms with Crippen molar-refractivity contribution < 1.29 is 4.74 Å². The van der Waals surface area contributed by atoms with Crippen molar-refractivity contribution in [1.29, 1.82) is 0 Å². The molecule has 124 valence electrons. The van der Waals surface area contributed by atoms with E-state index in [4.69, 9.17) is 4.74 Å². The molecule has 1 saturated heterocycles. The molecule has 0 aliphatic carbocycles. The third kappa shape index (κ3) is 5.62. The maximum atomic E-state index is 5.60. The zero-order valence-electron chi connectivity index (χ0n) is 14.4. The zero-order chi connectivity index (χ0) is 15.6. The van der Waals surface area contributed by atoms with Crippen LogP contribution < -0.4 is 10.1 Å². The first-order chi connectivity index (χ1) is 10.8. The summed E-state index contributed by atoms with van der Waals surface area (Å²) in [5.74, 6) is 1.02. The summed E-state index contributed by atoms with van der Waals surface area (Å²) in [6.45, 7) is 7.73. The molecule has 1 fully saturated rings. The predicted molar refractivity (Wildman–Crippen MR) is 93.4 cm³/mol. The molecular formula is C19H32N2O. The molecule has 3 heteroatoms. The van der Waals surface area contributed by atoms with Crippen molar-refractivity contribution in [3.05, 3.63) is 29.3 Å². The minimum atomic E-state index is 0.896. The molecule has 0 atom stereocenters. The van der Waals surface area contributed by atoms with Gasteiger partial charge in [-0.05, 0) is 50.5 Å². The fourth-order valence-electron chi connectivity index (χ4n) is 3.11. The second-order valence-electron chi connectivity index (χ2n) is 6.37. The van der Waals surface area contributed by atoms with Crippen LogP contribution in [0.25, 0.3) is 0 Å². The Balaban J connectivity index is 1.92. The van der Waals surface area contributed by atoms with E-state index in [2.05, 4.69) is 35.3 Å². The minimum Gasteiger partial charge on any atom is -0.496 e. The molecule has 0 bridgehead atoms. The largest absolute Gasteiger partial charge is 0.496 e. The summed E-state index contributed by atoms with van der Waals surface area (Å²) in [6.07, 6.45) is 7.94. The van der Waals surface area contributed by atoms with Gasteiger partial charge in [-0.1, -0.05) is 38.3 Å². The molecule has 3 nitrogen and oxygen atoms in total. The van der Waals surface area contributed by atoms with Crippen molar-refractivity contribution >= 4 is 0 Å². The monoisotopic (exact) mass is 304 g/mol. The Labute approximate surface area is 136 Å². The van der Waals surface area contributed by atoms with Gasteiger partial charge in [-0.15, -0.1) is 0 Å². The van der Waals surface area contributed by atoms with E-state index in [1.807, 2.05) is 0 Å². The van der Waals surface area contributed by atoms with E-state index in [-0.39, 0.29) is 0 Å². The van der Waals surface area contributed by atoms with E-state index in [1.54, 1.807) is 7.11 Å². The van der Waals surface area contributed by atoms with Gasteiger partial charge in [-0.25, -0.2) is 0 Å². The maximum Gasteiger partial charge on any atom is 0.123 e. The van der Waals surface area contributed by atoms with Gasteiger partial charge in [0.25, 0.3) is 0 Å². The van der Waals surface area contributed by atoms with Crippen molar-refractivity contribution in [1.82, 2.24) is 10.2 Å². The van der Waals surface area contributed by atoms with Crippen LogP contribution in [0.1, 0.15) is 56.6 Å². The molecule has 1 aliphatic heterocycles. The molecule has 1 heterocycles. The van der Waals surface area contributed by atoms with Crippen LogP contribution in [0.4, 0.5) is 0 Å². The summed E-state index contributed by atoms with van der Waals surface area (Å²) >= 11 is 0. The molecule has 0 radical (unpaired) electrons. The quantitative estimate of drug-likeness (QED) is 0.736. The van der Waals surface area contributed by atoms with Gasteiger partial charge in [0, 0.05) is 18.7 Å². The number of hydrogen-bond acceptors (Lipinski definition) is 3. The lowest BCUT2D eigenvalue weighted by Gasteiger charge is -2.20. The summed E-state index contributed by atoms with van der Waals surface area (Å²) in [6, 6.07) is 6.72. The Morgan fingerprint density at radius 2 is 1.91 bits per heavy atom. The summed E-state index contributed by atoms with van der Waals surface area (Å²) in [7, 11) is 1.78. The van der Waals surface area contributed by atoms with Gasteiger partial charge in [-0.3, -0.25) is 4.90 Å². The lowest BCUT2D eigenvalue weighted by atomic mass is 10.1. The SMILES string of the molecule is CCCCNCc1ccc(CN2CCCCCC2)cc1OC. The average Bonchev–Trinajstić information content (AvgIpc) is 2.81. The van der Waals surface area contributed by atoms with Crippen LogP contribution in [0.15, 0.2) is 18.2 Å². The molecule has 0 aromatic heterocycles. The van der Waals surface area contributed by atoms with Gasteiger partial charge >= 0.3 is 0 Å². The highest BCUT2D eigenvalue weighted by atomic mass is 16.5. The maximum absolute atomic E-state index is 5.60. The third-order valence-electron chi connectivity index (χ3n) is 4.48. The molecule has 0 saturated carbocycles. The van der Waals surface area contributed by atoms with E-state index in [0.717, 1.165) is 25.4 Å². The Kier molecular flexibility index (Phi) is 7.75. The number of unbranched alkanes of at least 4 members (excludes halogenated alkanes) is 1. The molecule has 0 unspecified atom stereocenters. The molecule has 0 amide bonds. The van der Waals surface area contributed by atoms with Crippen LogP contribution in [0, 0.1) is 0 Å². The highest BCUT2D eigenvalue weighted by Gasteiger charge is 2.11. The van der Waals surface area contributed by atoms with Crippen LogP contribution in [0.2, 0.25) is 0 Å². The smallest absolute Gasteiger partial charge is 0.123 e. The third-order valence-corrected chi connectivity index (χ3v) is 4.48. The first-order valence-electron chi connectivity index (χ1n) is 8.92. The van der Waals surface area contributed by atoms with Crippen LogP contribution in [-0.2, 0) is 13.1 Å². The van der Waals surface area contributed by atoms with Crippen LogP contribution in [-0.4, -0.2) is 31.6 Å². The number of nitrogens with one attached hydrogen (secondary N) is 1. The van der Waals surface area contributed by atoms with E-state index in [1.165, 1.54) is 62.7 Å². The van der Waals surface area contributed by atoms with Gasteiger partial charge in [0.05, 0.1) is 7.11 Å². The molecule has 1 aromatic carbocycles. The summed E-state index contributed by atoms with van der Waals surface area (Å²) in [5, 5.41) is 3.50. The second kappa shape index (κ2) is 9.86. The Bertz CT molecular complexity index is 425. The number of nitrogens with zero attached hydrogens (tertiary/aromatic N) is 1. The number of methoxy groups -OCH3 is 1. The van der Waals surface area contributed by atoms with Crippen LogP contribution >= 0.6 is 0 Å². The summed E-state index contributed by atoms with van der Waals surface area (Å²) in [5.41, 5.74) is 2.63. The van der Waals surface area contributed by atoms with Crippen molar-refractivity contribution in [2.45, 2.75) is 58.5 Å². The van der Waals surface area contributed by atoms with E-state index >= 15 is 0 Å².